The van der Waals surface area contributed by atoms with Crippen molar-refractivity contribution in [1.29, 1.82) is 0 Å². The fourth-order valence-electron chi connectivity index (χ4n) is 2.00. The first-order valence-corrected chi connectivity index (χ1v) is 5.68. The first-order valence-electron chi connectivity index (χ1n) is 5.68. The predicted molar refractivity (Wildman–Crippen MR) is 58.6 cm³/mol. The molecule has 2 unspecified atom stereocenters. The Hall–Kier alpha value is -1.29. The summed E-state index contributed by atoms with van der Waals surface area (Å²) in [4.78, 5) is 11.8. The second-order valence-corrected chi connectivity index (χ2v) is 4.40. The summed E-state index contributed by atoms with van der Waals surface area (Å²) in [6, 6.07) is 3.52. The molecule has 4 heteroatoms. The van der Waals surface area contributed by atoms with E-state index in [9.17, 15) is 13.6 Å². The number of carbonyl (C=O) groups is 1. The number of hydrogen-bond acceptors (Lipinski definition) is 2. The third-order valence-corrected chi connectivity index (χ3v) is 2.95. The minimum absolute atomic E-state index is 0.0691. The zero-order chi connectivity index (χ0) is 12.4. The lowest BCUT2D eigenvalue weighted by atomic mass is 10.0. The molecule has 2 nitrogen and oxygen atoms in total. The molecule has 2 rings (SSSR count). The highest BCUT2D eigenvalue weighted by Crippen LogP contribution is 2.21. The Bertz CT molecular complexity index is 431. The van der Waals surface area contributed by atoms with Crippen LogP contribution in [0.5, 0.6) is 0 Å². The summed E-state index contributed by atoms with van der Waals surface area (Å²) in [6.45, 7) is 1.92. The molecule has 1 heterocycles. The largest absolute Gasteiger partial charge is 0.367 e. The summed E-state index contributed by atoms with van der Waals surface area (Å²) < 4.78 is 31.1. The van der Waals surface area contributed by atoms with E-state index in [1.807, 2.05) is 6.92 Å². The third kappa shape index (κ3) is 2.88. The Morgan fingerprint density at radius 2 is 2.12 bits per heavy atom. The van der Waals surface area contributed by atoms with Crippen LogP contribution < -0.4 is 0 Å². The van der Waals surface area contributed by atoms with Gasteiger partial charge in [0.2, 0.25) is 0 Å². The van der Waals surface area contributed by atoms with Crippen molar-refractivity contribution in [2.24, 2.45) is 0 Å². The Morgan fingerprint density at radius 3 is 2.71 bits per heavy atom. The topological polar surface area (TPSA) is 26.3 Å². The molecule has 92 valence electrons. The van der Waals surface area contributed by atoms with E-state index in [1.165, 1.54) is 6.07 Å². The molecule has 0 aliphatic carbocycles. The third-order valence-electron chi connectivity index (χ3n) is 2.95. The molecule has 1 aliphatic rings. The fourth-order valence-corrected chi connectivity index (χ4v) is 2.00. The molecular formula is C13H14F2O2. The van der Waals surface area contributed by atoms with Crippen LogP contribution in [0, 0.1) is 11.6 Å². The fraction of sp³-hybridized carbons (Fsp3) is 0.462. The van der Waals surface area contributed by atoms with Gasteiger partial charge in [-0.05, 0) is 37.5 Å². The molecule has 17 heavy (non-hydrogen) atoms. The first-order chi connectivity index (χ1) is 8.06. The zero-order valence-corrected chi connectivity index (χ0v) is 9.58. The molecule has 1 aromatic carbocycles. The van der Waals surface area contributed by atoms with E-state index in [-0.39, 0.29) is 18.3 Å². The predicted octanol–water partition coefficient (Wildman–Crippen LogP) is 2.64. The Balaban J connectivity index is 2.00. The van der Waals surface area contributed by atoms with Gasteiger partial charge in [0.1, 0.15) is 6.10 Å². The number of rotatable bonds is 3. The van der Waals surface area contributed by atoms with Gasteiger partial charge in [0, 0.05) is 6.42 Å². The maximum Gasteiger partial charge on any atom is 0.165 e. The molecule has 0 N–H and O–H groups in total. The second-order valence-electron chi connectivity index (χ2n) is 4.40. The molecule has 0 bridgehead atoms. The molecule has 0 amide bonds. The Labute approximate surface area is 98.6 Å². The highest BCUT2D eigenvalue weighted by atomic mass is 19.2. The van der Waals surface area contributed by atoms with E-state index in [2.05, 4.69) is 0 Å². The van der Waals surface area contributed by atoms with Crippen molar-refractivity contribution in [2.75, 3.05) is 0 Å². The van der Waals surface area contributed by atoms with Crippen LogP contribution in [0.2, 0.25) is 0 Å². The maximum absolute atomic E-state index is 13.0. The summed E-state index contributed by atoms with van der Waals surface area (Å²) in [7, 11) is 0. The molecule has 1 aromatic rings. The van der Waals surface area contributed by atoms with Gasteiger partial charge in [0.15, 0.2) is 17.4 Å². The van der Waals surface area contributed by atoms with E-state index in [1.54, 1.807) is 0 Å². The standard InChI is InChI=1S/C13H14F2O2/c1-8-2-5-13(17-8)12(16)7-9-3-4-10(14)11(15)6-9/h3-4,6,8,13H,2,5,7H2,1H3. The lowest BCUT2D eigenvalue weighted by Gasteiger charge is -2.10. The SMILES string of the molecule is CC1CCC(C(=O)Cc2ccc(F)c(F)c2)O1. The van der Waals surface area contributed by atoms with Gasteiger partial charge in [-0.25, -0.2) is 8.78 Å². The van der Waals surface area contributed by atoms with Crippen molar-refractivity contribution in [3.63, 3.8) is 0 Å². The zero-order valence-electron chi connectivity index (χ0n) is 9.58. The molecule has 1 fully saturated rings. The highest BCUT2D eigenvalue weighted by molar-refractivity contribution is 5.85. The Kier molecular flexibility index (Phi) is 3.52. The number of Topliss-reactive ketones (excluding diaryl/α,β-unsaturated/α-hetero) is 1. The molecule has 0 saturated carbocycles. The van der Waals surface area contributed by atoms with Gasteiger partial charge in [0.05, 0.1) is 6.10 Å². The average molecular weight is 240 g/mol. The van der Waals surface area contributed by atoms with Crippen LogP contribution in [0.3, 0.4) is 0 Å². The number of benzene rings is 1. The summed E-state index contributed by atoms with van der Waals surface area (Å²) in [6.07, 6.45) is 1.39. The van der Waals surface area contributed by atoms with E-state index >= 15 is 0 Å². The maximum atomic E-state index is 13.0. The van der Waals surface area contributed by atoms with E-state index in [0.717, 1.165) is 18.6 Å². The molecule has 1 aliphatic heterocycles. The number of ether oxygens (including phenoxy) is 1. The Morgan fingerprint density at radius 1 is 1.35 bits per heavy atom. The monoisotopic (exact) mass is 240 g/mol. The van der Waals surface area contributed by atoms with Crippen LogP contribution in [-0.2, 0) is 16.0 Å². The summed E-state index contributed by atoms with van der Waals surface area (Å²) >= 11 is 0. The van der Waals surface area contributed by atoms with E-state index in [0.29, 0.717) is 12.0 Å². The van der Waals surface area contributed by atoms with Crippen LogP contribution in [0.4, 0.5) is 8.78 Å². The average Bonchev–Trinajstić information content (AvgIpc) is 2.70. The summed E-state index contributed by atoms with van der Waals surface area (Å²) in [5.41, 5.74) is 0.483. The molecule has 1 saturated heterocycles. The van der Waals surface area contributed by atoms with Crippen molar-refractivity contribution in [3.05, 3.63) is 35.4 Å². The molecule has 0 radical (unpaired) electrons. The molecule has 2 atom stereocenters. The molecular weight excluding hydrogens is 226 g/mol. The summed E-state index contributed by atoms with van der Waals surface area (Å²) in [5, 5.41) is 0. The van der Waals surface area contributed by atoms with Gasteiger partial charge < -0.3 is 4.74 Å². The number of hydrogen-bond donors (Lipinski definition) is 0. The van der Waals surface area contributed by atoms with Gasteiger partial charge in [-0.1, -0.05) is 6.07 Å². The van der Waals surface area contributed by atoms with E-state index in [4.69, 9.17) is 4.74 Å². The van der Waals surface area contributed by atoms with Gasteiger partial charge in [-0.15, -0.1) is 0 Å². The minimum atomic E-state index is -0.920. The number of ketones is 1. The lowest BCUT2D eigenvalue weighted by molar-refractivity contribution is -0.128. The van der Waals surface area contributed by atoms with Gasteiger partial charge in [0.25, 0.3) is 0 Å². The highest BCUT2D eigenvalue weighted by Gasteiger charge is 2.27. The van der Waals surface area contributed by atoms with Crippen molar-refractivity contribution in [2.45, 2.75) is 38.4 Å². The van der Waals surface area contributed by atoms with Crippen LogP contribution in [-0.4, -0.2) is 18.0 Å². The van der Waals surface area contributed by atoms with Gasteiger partial charge in [-0.2, -0.15) is 0 Å². The first kappa shape index (κ1) is 12.2. The lowest BCUT2D eigenvalue weighted by Crippen LogP contribution is -2.22. The minimum Gasteiger partial charge on any atom is -0.367 e. The number of halogens is 2. The van der Waals surface area contributed by atoms with Crippen molar-refractivity contribution in [1.82, 2.24) is 0 Å². The molecule has 0 spiro atoms. The van der Waals surface area contributed by atoms with Crippen LogP contribution in [0.25, 0.3) is 0 Å². The van der Waals surface area contributed by atoms with Gasteiger partial charge in [-0.3, -0.25) is 4.79 Å². The smallest absolute Gasteiger partial charge is 0.165 e. The van der Waals surface area contributed by atoms with E-state index < -0.39 is 17.7 Å². The quantitative estimate of drug-likeness (QED) is 0.811. The number of carbonyl (C=O) groups excluding carboxylic acids is 1. The molecule has 0 aromatic heterocycles. The van der Waals surface area contributed by atoms with Crippen molar-refractivity contribution >= 4 is 5.78 Å². The van der Waals surface area contributed by atoms with Crippen LogP contribution in [0.15, 0.2) is 18.2 Å². The second kappa shape index (κ2) is 4.92. The van der Waals surface area contributed by atoms with Crippen LogP contribution in [0.1, 0.15) is 25.3 Å². The van der Waals surface area contributed by atoms with Gasteiger partial charge >= 0.3 is 0 Å². The summed E-state index contributed by atoms with van der Waals surface area (Å²) in [5.74, 6) is -1.89. The van der Waals surface area contributed by atoms with Crippen molar-refractivity contribution in [3.8, 4) is 0 Å². The van der Waals surface area contributed by atoms with Crippen LogP contribution >= 0.6 is 0 Å². The van der Waals surface area contributed by atoms with Crippen molar-refractivity contribution < 1.29 is 18.3 Å². The normalized spacial score (nSPS) is 23.9.